The number of sulfone groups is 3. The van der Waals surface area contributed by atoms with Crippen molar-refractivity contribution in [2.45, 2.75) is 218 Å². The molecule has 6 aromatic carbocycles. The van der Waals surface area contributed by atoms with Crippen LogP contribution in [-0.2, 0) is 66.3 Å². The molecule has 112 heavy (non-hydrogen) atoms. The second kappa shape index (κ2) is 36.6. The molecule has 12 nitrogen and oxygen atoms in total. The van der Waals surface area contributed by atoms with Gasteiger partial charge < -0.3 is 17.7 Å². The van der Waals surface area contributed by atoms with Crippen molar-refractivity contribution in [3.63, 3.8) is 0 Å². The maximum Gasteiger partial charge on any atom is 0.250 e. The standard InChI is InChI=1S/2C25H30ClF3O4SSi.C17H36O2Si2.C14H8ClF3O2S/c2*1-24(2,3)35(4,5)33-15-16-14-18(30)12-13-25(16,22-20(27)10-11-21(28)23(22)29)34(31,32)19-8-6-17(26)7-9-19;1-15(19-21(10,11)17(5,6)7)13-12-14-18-20(8,9)16(2,3)4;1-8(13-11(16)6-7-12(17)14(13)18)21(19,20)10-4-2-9(15)3-5-10/h2*6-11,16H,12-15H2,1-5H3;12-13H,1,14H2,2-11H3;2-7H,1H2/b;;13-12+;/t16-,25+;16-,25-;;/m00../s1. The highest BCUT2D eigenvalue weighted by Crippen LogP contribution is 2.55. The molecule has 2 saturated carbocycles. The van der Waals surface area contributed by atoms with E-state index in [-0.39, 0.29) is 95.3 Å². The van der Waals surface area contributed by atoms with Gasteiger partial charge in [-0.1, -0.05) is 137 Å². The minimum absolute atomic E-state index is 0.196. The topological polar surface area (TPSA) is 173 Å². The lowest BCUT2D eigenvalue weighted by Crippen LogP contribution is -2.52. The van der Waals surface area contributed by atoms with Crippen molar-refractivity contribution in [3.05, 3.63) is 224 Å². The molecule has 4 atom stereocenters. The van der Waals surface area contributed by atoms with Crippen molar-refractivity contribution in [2.24, 2.45) is 11.8 Å². The maximum atomic E-state index is 15.3. The van der Waals surface area contributed by atoms with Gasteiger partial charge in [0, 0.05) is 76.9 Å². The predicted molar refractivity (Wildman–Crippen MR) is 438 cm³/mol. The molecule has 2 fully saturated rings. The van der Waals surface area contributed by atoms with Crippen molar-refractivity contribution < 1.29 is 92.1 Å². The SMILES string of the molecule is C=C(/C=C/CO[Si](C)(C)C(C)(C)C)O[Si](C)(C)C(C)(C)C.C=C(c1c(F)ccc(F)c1F)S(=O)(=O)c1ccc(Cl)cc1.CC(C)(C)[Si](C)(C)OC[C@@H]1CC(=O)CC[C@@]1(c1c(F)ccc(F)c1F)S(=O)(=O)c1ccc(Cl)cc1.CC(C)(C)[Si](C)(C)OC[C@@H]1CC(=O)CC[C@]1(c1c(F)ccc(F)c1F)S(=O)(=O)c1ccc(Cl)cc1. The van der Waals surface area contributed by atoms with E-state index in [1.54, 1.807) is 0 Å². The van der Waals surface area contributed by atoms with Crippen molar-refractivity contribution in [1.29, 1.82) is 0 Å². The Kier molecular flexibility index (Phi) is 31.7. The molecule has 0 unspecified atom stereocenters. The second-order valence-corrected chi connectivity index (χ2v) is 60.9. The Hall–Kier alpha value is -5.48. The van der Waals surface area contributed by atoms with Gasteiger partial charge in [0.15, 0.2) is 79.5 Å². The first-order valence-electron chi connectivity index (χ1n) is 36.1. The summed E-state index contributed by atoms with van der Waals surface area (Å²) < 4.78 is 232. The van der Waals surface area contributed by atoms with Crippen LogP contribution >= 0.6 is 34.8 Å². The largest absolute Gasteiger partial charge is 0.544 e. The number of hydrogen-bond acceptors (Lipinski definition) is 12. The molecule has 0 heterocycles. The summed E-state index contributed by atoms with van der Waals surface area (Å²) >= 11 is 17.5. The Morgan fingerprint density at radius 1 is 0.438 bits per heavy atom. The third kappa shape index (κ3) is 21.8. The molecule has 0 bridgehead atoms. The number of allylic oxidation sites excluding steroid dienone is 1. The van der Waals surface area contributed by atoms with Crippen LogP contribution in [0.5, 0.6) is 0 Å². The Morgan fingerprint density at radius 3 is 1.06 bits per heavy atom. The maximum absolute atomic E-state index is 15.3. The summed E-state index contributed by atoms with van der Waals surface area (Å²) in [5.74, 6) is -14.4. The van der Waals surface area contributed by atoms with E-state index in [1.807, 2.05) is 79.9 Å². The van der Waals surface area contributed by atoms with Gasteiger partial charge in [0.05, 0.1) is 37.5 Å². The molecule has 8 rings (SSSR count). The summed E-state index contributed by atoms with van der Waals surface area (Å²) in [7, 11) is -21.7. The quantitative estimate of drug-likeness (QED) is 0.0220. The van der Waals surface area contributed by atoms with Gasteiger partial charge in [-0.05, 0) is 201 Å². The van der Waals surface area contributed by atoms with Crippen LogP contribution in [-0.4, -0.2) is 89.9 Å². The van der Waals surface area contributed by atoms with Crippen molar-refractivity contribution >= 4 is 114 Å². The van der Waals surface area contributed by atoms with Gasteiger partial charge in [-0.2, -0.15) is 0 Å². The summed E-state index contributed by atoms with van der Waals surface area (Å²) in [4.78, 5) is 23.5. The molecule has 0 spiro atoms. The lowest BCUT2D eigenvalue weighted by atomic mass is 9.74. The molecule has 31 heteroatoms. The van der Waals surface area contributed by atoms with E-state index in [4.69, 9.17) is 52.5 Å². The highest BCUT2D eigenvalue weighted by Gasteiger charge is 2.60. The summed E-state index contributed by atoms with van der Waals surface area (Å²) in [6.45, 7) is 49.7. The Bertz CT molecular complexity index is 4620. The van der Waals surface area contributed by atoms with E-state index in [2.05, 4.69) is 80.9 Å². The molecule has 0 aliphatic heterocycles. The molecule has 2 aliphatic carbocycles. The van der Waals surface area contributed by atoms with E-state index < -0.39 is 171 Å². The molecule has 0 saturated heterocycles. The fourth-order valence-corrected chi connectivity index (χ4v) is 21.9. The highest BCUT2D eigenvalue weighted by atomic mass is 35.5. The first-order valence-corrected chi connectivity index (χ1v) is 53.3. The van der Waals surface area contributed by atoms with Crippen molar-refractivity contribution in [3.8, 4) is 0 Å². The monoisotopic (exact) mass is 1750 g/mol. The van der Waals surface area contributed by atoms with Crippen LogP contribution in [0, 0.1) is 64.2 Å². The fourth-order valence-electron chi connectivity index (χ4n) is 11.5. The van der Waals surface area contributed by atoms with E-state index in [0.717, 1.165) is 30.0 Å². The number of Topliss-reactive ketones (excluding diaryl/α,β-unsaturated/α-hetero) is 2. The molecule has 618 valence electrons. The van der Waals surface area contributed by atoms with Crippen LogP contribution in [0.2, 0.25) is 87.6 Å². The Labute approximate surface area is 675 Å². The normalized spacial score (nSPS) is 18.5. The first-order chi connectivity index (χ1) is 50.9. The van der Waals surface area contributed by atoms with E-state index in [1.165, 1.54) is 60.7 Å². The number of halogens is 12. The zero-order valence-electron chi connectivity index (χ0n) is 67.1. The summed E-state index contributed by atoms with van der Waals surface area (Å²) in [6, 6.07) is 19.2. The summed E-state index contributed by atoms with van der Waals surface area (Å²) in [5.41, 5.74) is -2.78. The molecular weight excluding hydrogens is 1650 g/mol. The van der Waals surface area contributed by atoms with Crippen LogP contribution in [0.25, 0.3) is 4.91 Å². The van der Waals surface area contributed by atoms with E-state index in [0.29, 0.717) is 35.9 Å². The number of ketones is 2. The van der Waals surface area contributed by atoms with Crippen LogP contribution in [0.4, 0.5) is 39.5 Å². The molecule has 2 aliphatic rings. The zero-order chi connectivity index (χ0) is 85.7. The molecule has 0 radical (unpaired) electrons. The first kappa shape index (κ1) is 97.1. The average molecular weight is 1760 g/mol. The smallest absolute Gasteiger partial charge is 0.250 e. The van der Waals surface area contributed by atoms with Gasteiger partial charge in [0.2, 0.25) is 18.2 Å². The van der Waals surface area contributed by atoms with Crippen LogP contribution in [0.15, 0.2) is 155 Å². The second-order valence-electron chi connectivity index (χ2n) is 34.1. The molecular formula is C81H104Cl3F9O12S3Si4. The van der Waals surface area contributed by atoms with Gasteiger partial charge in [-0.15, -0.1) is 0 Å². The molecule has 0 aromatic heterocycles. The van der Waals surface area contributed by atoms with Gasteiger partial charge in [-0.25, -0.2) is 64.8 Å². The fraction of sp³-hybridized carbons (Fsp3) is 0.457. The predicted octanol–water partition coefficient (Wildman–Crippen LogP) is 23.9. The van der Waals surface area contributed by atoms with Crippen molar-refractivity contribution in [1.82, 2.24) is 0 Å². The lowest BCUT2D eigenvalue weighted by Gasteiger charge is -2.45. The van der Waals surface area contributed by atoms with Gasteiger partial charge in [0.25, 0.3) is 0 Å². The van der Waals surface area contributed by atoms with Crippen LogP contribution in [0.3, 0.4) is 0 Å². The Balaban J connectivity index is 0.000000275. The molecule has 0 N–H and O–H groups in total. The third-order valence-corrected chi connectivity index (χ3v) is 48.1. The number of hydrogen-bond donors (Lipinski definition) is 0. The van der Waals surface area contributed by atoms with Gasteiger partial charge in [-0.3, -0.25) is 9.59 Å². The molecule has 6 aromatic rings. The summed E-state index contributed by atoms with van der Waals surface area (Å²) in [5, 5.41) is 0.812. The van der Waals surface area contributed by atoms with Gasteiger partial charge >= 0.3 is 0 Å². The van der Waals surface area contributed by atoms with E-state index >= 15 is 17.6 Å². The highest BCUT2D eigenvalue weighted by molar-refractivity contribution is 8.00. The average Bonchev–Trinajstić information content (AvgIpc) is 0.715. The zero-order valence-corrected chi connectivity index (χ0v) is 75.9. The number of rotatable bonds is 21. The number of benzene rings is 6. The Morgan fingerprint density at radius 2 is 0.732 bits per heavy atom. The third-order valence-electron chi connectivity index (χ3n) is 22.5. The minimum Gasteiger partial charge on any atom is -0.544 e. The van der Waals surface area contributed by atoms with Crippen molar-refractivity contribution in [2.75, 3.05) is 19.8 Å². The molecule has 0 amide bonds. The van der Waals surface area contributed by atoms with Crippen LogP contribution < -0.4 is 0 Å². The summed E-state index contributed by atoms with van der Waals surface area (Å²) in [6.07, 6.45) is 2.19. The minimum atomic E-state index is -4.55. The van der Waals surface area contributed by atoms with E-state index in [9.17, 15) is 56.8 Å². The number of carbonyl (C=O) groups excluding carboxylic acids is 2. The van der Waals surface area contributed by atoms with Crippen LogP contribution in [0.1, 0.15) is 138 Å². The number of carbonyl (C=O) groups is 2. The van der Waals surface area contributed by atoms with Gasteiger partial charge in [0.1, 0.15) is 38.5 Å². The lowest BCUT2D eigenvalue weighted by molar-refractivity contribution is -0.123.